The van der Waals surface area contributed by atoms with Gasteiger partial charge in [0.05, 0.1) is 18.1 Å². The van der Waals surface area contributed by atoms with Gasteiger partial charge in [-0.2, -0.15) is 0 Å². The molecular weight excluding hydrogens is 405 g/mol. The van der Waals surface area contributed by atoms with Gasteiger partial charge in [-0.3, -0.25) is 4.99 Å². The lowest BCUT2D eigenvalue weighted by Crippen LogP contribution is -2.36. The van der Waals surface area contributed by atoms with Crippen molar-refractivity contribution in [1.82, 2.24) is 20.6 Å². The van der Waals surface area contributed by atoms with E-state index in [-0.39, 0.29) is 24.0 Å². The van der Waals surface area contributed by atoms with Gasteiger partial charge >= 0.3 is 0 Å². The Bertz CT molecular complexity index is 517. The number of hydrogen-bond donors (Lipinski definition) is 2. The molecule has 2 rings (SSSR count). The summed E-state index contributed by atoms with van der Waals surface area (Å²) in [5, 5.41) is 10.7. The number of rotatable bonds is 4. The van der Waals surface area contributed by atoms with Gasteiger partial charge in [0.1, 0.15) is 5.01 Å². The number of thiazole rings is 2. The number of aromatic nitrogens is 2. The summed E-state index contributed by atoms with van der Waals surface area (Å²) in [5.74, 6) is 0.777. The molecule has 20 heavy (non-hydrogen) atoms. The molecule has 0 aromatic carbocycles. The van der Waals surface area contributed by atoms with Gasteiger partial charge in [-0.25, -0.2) is 9.97 Å². The van der Waals surface area contributed by atoms with Gasteiger partial charge in [0.25, 0.3) is 0 Å². The maximum atomic E-state index is 4.40. The molecule has 0 atom stereocenters. The number of hydrogen-bond acceptors (Lipinski definition) is 5. The fourth-order valence-corrected chi connectivity index (χ4v) is 2.97. The van der Waals surface area contributed by atoms with Crippen molar-refractivity contribution in [2.24, 2.45) is 4.99 Å². The molecule has 0 aliphatic heterocycles. The van der Waals surface area contributed by atoms with Crippen molar-refractivity contribution in [3.8, 4) is 0 Å². The van der Waals surface area contributed by atoms with E-state index in [2.05, 4.69) is 25.6 Å². The molecule has 2 N–H and O–H groups in total. The van der Waals surface area contributed by atoms with Gasteiger partial charge in [-0.05, 0) is 13.8 Å². The highest BCUT2D eigenvalue weighted by Gasteiger charge is 2.03. The molecule has 2 aromatic heterocycles. The molecule has 0 unspecified atom stereocenters. The van der Waals surface area contributed by atoms with Crippen LogP contribution in [0.25, 0.3) is 0 Å². The van der Waals surface area contributed by atoms with E-state index in [4.69, 9.17) is 0 Å². The highest BCUT2D eigenvalue weighted by Crippen LogP contribution is 2.10. The van der Waals surface area contributed by atoms with Crippen LogP contribution in [0.2, 0.25) is 0 Å². The van der Waals surface area contributed by atoms with Crippen molar-refractivity contribution >= 4 is 52.6 Å². The molecule has 0 radical (unpaired) electrons. The lowest BCUT2D eigenvalue weighted by molar-refractivity contribution is 0.808. The van der Waals surface area contributed by atoms with E-state index in [1.54, 1.807) is 29.7 Å². The molecule has 0 saturated heterocycles. The Hall–Kier alpha value is -0.740. The molecule has 0 aliphatic carbocycles. The van der Waals surface area contributed by atoms with Crippen LogP contribution < -0.4 is 10.6 Å². The van der Waals surface area contributed by atoms with Crippen molar-refractivity contribution in [2.45, 2.75) is 26.9 Å². The first-order valence-electron chi connectivity index (χ1n) is 5.94. The van der Waals surface area contributed by atoms with Gasteiger partial charge in [-0.1, -0.05) is 0 Å². The number of aliphatic imine (C=N–C) groups is 1. The Kier molecular flexibility index (Phi) is 7.38. The summed E-state index contributed by atoms with van der Waals surface area (Å²) >= 11 is 3.35. The van der Waals surface area contributed by atoms with Crippen LogP contribution in [0.1, 0.15) is 20.6 Å². The van der Waals surface area contributed by atoms with Crippen molar-refractivity contribution in [1.29, 1.82) is 0 Å². The Morgan fingerprint density at radius 3 is 2.60 bits per heavy atom. The second kappa shape index (κ2) is 8.53. The Labute approximate surface area is 144 Å². The van der Waals surface area contributed by atoms with Crippen LogP contribution in [0.5, 0.6) is 0 Å². The Morgan fingerprint density at radius 2 is 2.05 bits per heavy atom. The number of halogens is 1. The maximum absolute atomic E-state index is 4.40. The lowest BCUT2D eigenvalue weighted by atomic mass is 10.5. The molecule has 8 heteroatoms. The van der Waals surface area contributed by atoms with Gasteiger partial charge in [0, 0.05) is 29.2 Å². The summed E-state index contributed by atoms with van der Waals surface area (Å²) in [6, 6.07) is 0. The fraction of sp³-hybridized carbons (Fsp3) is 0.417. The number of guanidine groups is 1. The average molecular weight is 423 g/mol. The highest BCUT2D eigenvalue weighted by molar-refractivity contribution is 14.0. The number of aryl methyl sites for hydroxylation is 2. The molecule has 110 valence electrons. The molecule has 0 aliphatic rings. The van der Waals surface area contributed by atoms with Crippen LogP contribution in [-0.4, -0.2) is 23.0 Å². The maximum Gasteiger partial charge on any atom is 0.191 e. The van der Waals surface area contributed by atoms with Crippen molar-refractivity contribution in [2.75, 3.05) is 7.05 Å². The van der Waals surface area contributed by atoms with Gasteiger partial charge in [0.2, 0.25) is 0 Å². The van der Waals surface area contributed by atoms with E-state index >= 15 is 0 Å². The van der Waals surface area contributed by atoms with Crippen LogP contribution in [0.4, 0.5) is 0 Å². The smallest absolute Gasteiger partial charge is 0.191 e. The van der Waals surface area contributed by atoms with Gasteiger partial charge in [-0.15, -0.1) is 46.7 Å². The molecule has 2 aromatic rings. The lowest BCUT2D eigenvalue weighted by Gasteiger charge is -2.09. The van der Waals surface area contributed by atoms with Crippen molar-refractivity contribution < 1.29 is 0 Å². The molecular formula is C12H18IN5S2. The minimum absolute atomic E-state index is 0. The van der Waals surface area contributed by atoms with Crippen LogP contribution in [0.3, 0.4) is 0 Å². The minimum Gasteiger partial charge on any atom is -0.351 e. The van der Waals surface area contributed by atoms with Gasteiger partial charge < -0.3 is 10.6 Å². The van der Waals surface area contributed by atoms with Gasteiger partial charge in [0.15, 0.2) is 5.96 Å². The molecule has 0 saturated carbocycles. The molecule has 0 spiro atoms. The number of nitrogens with zero attached hydrogens (tertiary/aromatic N) is 3. The average Bonchev–Trinajstić information content (AvgIpc) is 2.99. The quantitative estimate of drug-likeness (QED) is 0.451. The zero-order chi connectivity index (χ0) is 13.7. The first kappa shape index (κ1) is 17.3. The van der Waals surface area contributed by atoms with E-state index in [1.807, 2.05) is 25.4 Å². The zero-order valence-corrected chi connectivity index (χ0v) is 15.6. The van der Waals surface area contributed by atoms with E-state index in [9.17, 15) is 0 Å². The number of nitrogens with one attached hydrogen (secondary N) is 2. The zero-order valence-electron chi connectivity index (χ0n) is 11.6. The molecule has 0 amide bonds. The summed E-state index contributed by atoms with van der Waals surface area (Å²) < 4.78 is 0. The molecule has 5 nitrogen and oxygen atoms in total. The van der Waals surface area contributed by atoms with Crippen LogP contribution >= 0.6 is 46.7 Å². The fourth-order valence-electron chi connectivity index (χ4n) is 1.52. The molecule has 2 heterocycles. The summed E-state index contributed by atoms with van der Waals surface area (Å²) in [6.07, 6.45) is 1.89. The standard InChI is InChI=1S/C12H17N5S2.HI/c1-8-7-18-11(17-8)6-16-12(13-3)15-5-10-4-14-9(2)19-10;/h4,7H,5-6H2,1-3H3,(H2,13,15,16);1H. The third-order valence-electron chi connectivity index (χ3n) is 2.40. The monoisotopic (exact) mass is 423 g/mol. The molecule has 0 bridgehead atoms. The predicted molar refractivity (Wildman–Crippen MR) is 96.2 cm³/mol. The first-order chi connectivity index (χ1) is 9.17. The van der Waals surface area contributed by atoms with E-state index in [1.165, 1.54) is 4.88 Å². The van der Waals surface area contributed by atoms with Crippen molar-refractivity contribution in [3.05, 3.63) is 32.2 Å². The van der Waals surface area contributed by atoms with Crippen LogP contribution in [-0.2, 0) is 13.1 Å². The summed E-state index contributed by atoms with van der Waals surface area (Å²) in [6.45, 7) is 5.44. The van der Waals surface area contributed by atoms with Crippen LogP contribution in [0, 0.1) is 13.8 Å². The third-order valence-corrected chi connectivity index (χ3v) is 4.28. The van der Waals surface area contributed by atoms with E-state index in [0.717, 1.165) is 28.2 Å². The largest absolute Gasteiger partial charge is 0.351 e. The van der Waals surface area contributed by atoms with Crippen molar-refractivity contribution in [3.63, 3.8) is 0 Å². The first-order valence-corrected chi connectivity index (χ1v) is 7.64. The SMILES string of the molecule is CN=C(NCc1cnc(C)s1)NCc1nc(C)cs1.I. The second-order valence-corrected chi connectivity index (χ2v) is 6.27. The predicted octanol–water partition coefficient (Wildman–Crippen LogP) is 2.70. The van der Waals surface area contributed by atoms with Crippen LogP contribution in [0.15, 0.2) is 16.6 Å². The second-order valence-electron chi connectivity index (χ2n) is 4.01. The van der Waals surface area contributed by atoms with E-state index < -0.39 is 0 Å². The summed E-state index contributed by atoms with van der Waals surface area (Å²) in [4.78, 5) is 14.0. The Balaban J connectivity index is 0.00000200. The third kappa shape index (κ3) is 5.33. The summed E-state index contributed by atoms with van der Waals surface area (Å²) in [7, 11) is 1.76. The minimum atomic E-state index is 0. The highest BCUT2D eigenvalue weighted by atomic mass is 127. The topological polar surface area (TPSA) is 62.2 Å². The summed E-state index contributed by atoms with van der Waals surface area (Å²) in [5.41, 5.74) is 1.06. The molecule has 0 fully saturated rings. The van der Waals surface area contributed by atoms with E-state index in [0.29, 0.717) is 6.54 Å². The normalized spacial score (nSPS) is 11.1. The Morgan fingerprint density at radius 1 is 1.30 bits per heavy atom.